The molecule has 2 fully saturated rings. The van der Waals surface area contributed by atoms with Crippen LogP contribution in [-0.4, -0.2) is 30.6 Å². The maximum Gasteiger partial charge on any atom is 0.188 e. The Morgan fingerprint density at radius 1 is 1.31 bits per heavy atom. The first-order chi connectivity index (χ1) is 6.03. The summed E-state index contributed by atoms with van der Waals surface area (Å²) in [7, 11) is 0. The number of rotatable bonds is 1. The molecule has 0 saturated carbocycles. The number of fused-ring (bicyclic) bond motifs is 1. The van der Waals surface area contributed by atoms with Crippen LogP contribution < -0.4 is 0 Å². The SMILES string of the molecule is C[C@H]1[C@H]2OC(C)(C)O[C@H]2O[C@@H]1C=O. The van der Waals surface area contributed by atoms with Gasteiger partial charge in [0.15, 0.2) is 12.1 Å². The first-order valence-corrected chi connectivity index (χ1v) is 4.50. The highest BCUT2D eigenvalue weighted by Gasteiger charge is 2.52. The molecular formula is C9H14O4. The molecule has 0 aromatic carbocycles. The average molecular weight is 186 g/mol. The molecule has 74 valence electrons. The standard InChI is InChI=1S/C9H14O4/c1-5-6(4-10)11-8-7(5)12-9(2,3)13-8/h4-8H,1-3H3/t5-,6-,7-,8-/m1/s1. The van der Waals surface area contributed by atoms with Crippen molar-refractivity contribution in [1.29, 1.82) is 0 Å². The molecule has 4 heteroatoms. The third-order valence-electron chi connectivity index (χ3n) is 2.55. The summed E-state index contributed by atoms with van der Waals surface area (Å²) in [4.78, 5) is 10.6. The van der Waals surface area contributed by atoms with E-state index in [-0.39, 0.29) is 24.4 Å². The highest BCUT2D eigenvalue weighted by molar-refractivity contribution is 5.57. The van der Waals surface area contributed by atoms with Crippen molar-refractivity contribution < 1.29 is 19.0 Å². The van der Waals surface area contributed by atoms with Gasteiger partial charge in [0.25, 0.3) is 0 Å². The van der Waals surface area contributed by atoms with Crippen LogP contribution >= 0.6 is 0 Å². The largest absolute Gasteiger partial charge is 0.341 e. The molecule has 0 amide bonds. The summed E-state index contributed by atoms with van der Waals surface area (Å²) in [5.74, 6) is -0.512. The van der Waals surface area contributed by atoms with Gasteiger partial charge in [-0.15, -0.1) is 0 Å². The Balaban J connectivity index is 2.11. The summed E-state index contributed by atoms with van der Waals surface area (Å²) in [5, 5.41) is 0. The normalized spacial score (nSPS) is 47.6. The Bertz CT molecular complexity index is 226. The molecule has 2 saturated heterocycles. The van der Waals surface area contributed by atoms with Crippen LogP contribution in [0.2, 0.25) is 0 Å². The second-order valence-corrected chi connectivity index (χ2v) is 4.06. The predicted octanol–water partition coefficient (Wildman–Crippen LogP) is 0.698. The number of carbonyl (C=O) groups is 1. The highest BCUT2D eigenvalue weighted by Crippen LogP contribution is 2.39. The Labute approximate surface area is 77.1 Å². The van der Waals surface area contributed by atoms with Gasteiger partial charge in [0.05, 0.1) is 0 Å². The molecule has 0 spiro atoms. The number of carbonyl (C=O) groups excluding carboxylic acids is 1. The van der Waals surface area contributed by atoms with Crippen LogP contribution in [0.1, 0.15) is 20.8 Å². The van der Waals surface area contributed by atoms with E-state index < -0.39 is 5.79 Å². The van der Waals surface area contributed by atoms with Gasteiger partial charge in [-0.1, -0.05) is 6.92 Å². The van der Waals surface area contributed by atoms with Crippen molar-refractivity contribution in [2.75, 3.05) is 0 Å². The van der Waals surface area contributed by atoms with Gasteiger partial charge >= 0.3 is 0 Å². The van der Waals surface area contributed by atoms with Gasteiger partial charge in [0.2, 0.25) is 0 Å². The summed E-state index contributed by atoms with van der Waals surface area (Å²) in [6, 6.07) is 0. The second kappa shape index (κ2) is 2.77. The summed E-state index contributed by atoms with van der Waals surface area (Å²) >= 11 is 0. The summed E-state index contributed by atoms with van der Waals surface area (Å²) in [5.41, 5.74) is 0. The van der Waals surface area contributed by atoms with Crippen molar-refractivity contribution in [3.8, 4) is 0 Å². The smallest absolute Gasteiger partial charge is 0.188 e. The average Bonchev–Trinajstić information content (AvgIpc) is 2.47. The van der Waals surface area contributed by atoms with Crippen molar-refractivity contribution in [2.45, 2.75) is 45.1 Å². The summed E-state index contributed by atoms with van der Waals surface area (Å²) in [6.45, 7) is 5.63. The van der Waals surface area contributed by atoms with E-state index in [1.165, 1.54) is 0 Å². The predicted molar refractivity (Wildman–Crippen MR) is 43.9 cm³/mol. The zero-order valence-electron chi connectivity index (χ0n) is 8.02. The molecule has 0 aromatic rings. The van der Waals surface area contributed by atoms with Crippen LogP contribution in [-0.2, 0) is 19.0 Å². The molecule has 0 aromatic heterocycles. The number of hydrogen-bond donors (Lipinski definition) is 0. The van der Waals surface area contributed by atoms with Crippen LogP contribution in [0.15, 0.2) is 0 Å². The lowest BCUT2D eigenvalue weighted by Crippen LogP contribution is -2.29. The molecule has 13 heavy (non-hydrogen) atoms. The van der Waals surface area contributed by atoms with Crippen LogP contribution in [0, 0.1) is 5.92 Å². The topological polar surface area (TPSA) is 44.8 Å². The van der Waals surface area contributed by atoms with E-state index in [1.807, 2.05) is 20.8 Å². The molecule has 0 unspecified atom stereocenters. The zero-order chi connectivity index (χ0) is 9.64. The fourth-order valence-corrected chi connectivity index (χ4v) is 1.84. The van der Waals surface area contributed by atoms with Gasteiger partial charge in [-0.05, 0) is 13.8 Å². The van der Waals surface area contributed by atoms with Gasteiger partial charge in [-0.3, -0.25) is 0 Å². The molecule has 4 atom stereocenters. The highest BCUT2D eigenvalue weighted by atomic mass is 16.8. The van der Waals surface area contributed by atoms with E-state index in [9.17, 15) is 4.79 Å². The first kappa shape index (κ1) is 9.12. The van der Waals surface area contributed by atoms with Gasteiger partial charge < -0.3 is 19.0 Å². The van der Waals surface area contributed by atoms with E-state index in [4.69, 9.17) is 14.2 Å². The molecule has 0 bridgehead atoms. The molecular weight excluding hydrogens is 172 g/mol. The molecule has 2 rings (SSSR count). The molecule has 0 N–H and O–H groups in total. The van der Waals surface area contributed by atoms with Gasteiger partial charge in [0, 0.05) is 5.92 Å². The maximum absolute atomic E-state index is 10.6. The lowest BCUT2D eigenvalue weighted by atomic mass is 10.0. The first-order valence-electron chi connectivity index (χ1n) is 4.50. The van der Waals surface area contributed by atoms with E-state index in [0.717, 1.165) is 6.29 Å². The second-order valence-electron chi connectivity index (χ2n) is 4.06. The Morgan fingerprint density at radius 2 is 2.00 bits per heavy atom. The molecule has 2 aliphatic rings. The third kappa shape index (κ3) is 1.39. The van der Waals surface area contributed by atoms with E-state index >= 15 is 0 Å². The Hall–Kier alpha value is -0.450. The molecule has 2 aliphatic heterocycles. The summed E-state index contributed by atoms with van der Waals surface area (Å²) < 4.78 is 16.4. The fourth-order valence-electron chi connectivity index (χ4n) is 1.84. The van der Waals surface area contributed by atoms with Crippen molar-refractivity contribution in [2.24, 2.45) is 5.92 Å². The molecule has 2 heterocycles. The Kier molecular flexibility index (Phi) is 1.94. The zero-order valence-corrected chi connectivity index (χ0v) is 8.02. The maximum atomic E-state index is 10.6. The monoisotopic (exact) mass is 186 g/mol. The molecule has 0 aliphatic carbocycles. The summed E-state index contributed by atoms with van der Waals surface area (Å²) in [6.07, 6.45) is -0.0561. The van der Waals surface area contributed by atoms with Crippen LogP contribution in [0.3, 0.4) is 0 Å². The van der Waals surface area contributed by atoms with Gasteiger partial charge in [-0.25, -0.2) is 0 Å². The lowest BCUT2D eigenvalue weighted by molar-refractivity contribution is -0.207. The van der Waals surface area contributed by atoms with Crippen molar-refractivity contribution in [3.05, 3.63) is 0 Å². The van der Waals surface area contributed by atoms with E-state index in [1.54, 1.807) is 0 Å². The van der Waals surface area contributed by atoms with Crippen LogP contribution in [0.4, 0.5) is 0 Å². The quantitative estimate of drug-likeness (QED) is 0.565. The molecule has 4 nitrogen and oxygen atoms in total. The van der Waals surface area contributed by atoms with E-state index in [0.29, 0.717) is 0 Å². The lowest BCUT2D eigenvalue weighted by Gasteiger charge is -2.21. The molecule has 0 radical (unpaired) electrons. The number of ether oxygens (including phenoxy) is 3. The van der Waals surface area contributed by atoms with Gasteiger partial charge in [-0.2, -0.15) is 0 Å². The van der Waals surface area contributed by atoms with Crippen LogP contribution in [0.25, 0.3) is 0 Å². The van der Waals surface area contributed by atoms with Crippen molar-refractivity contribution >= 4 is 6.29 Å². The minimum atomic E-state index is -0.586. The van der Waals surface area contributed by atoms with Crippen LogP contribution in [0.5, 0.6) is 0 Å². The van der Waals surface area contributed by atoms with Crippen molar-refractivity contribution in [1.82, 2.24) is 0 Å². The Morgan fingerprint density at radius 3 is 2.54 bits per heavy atom. The number of hydrogen-bond acceptors (Lipinski definition) is 4. The fraction of sp³-hybridized carbons (Fsp3) is 0.889. The van der Waals surface area contributed by atoms with E-state index in [2.05, 4.69) is 0 Å². The third-order valence-corrected chi connectivity index (χ3v) is 2.55. The van der Waals surface area contributed by atoms with Gasteiger partial charge in [0.1, 0.15) is 18.5 Å². The number of aldehydes is 1. The van der Waals surface area contributed by atoms with Crippen molar-refractivity contribution in [3.63, 3.8) is 0 Å². The minimum Gasteiger partial charge on any atom is -0.341 e. The minimum absolute atomic E-state index is 0.0734.